The maximum Gasteiger partial charge on any atom is 0.170 e. The van der Waals surface area contributed by atoms with Crippen molar-refractivity contribution < 1.29 is 9.13 Å². The lowest BCUT2D eigenvalue weighted by Gasteiger charge is -2.28. The van der Waals surface area contributed by atoms with Crippen LogP contribution in [-0.2, 0) is 11.3 Å². The second kappa shape index (κ2) is 6.82. The molecule has 106 valence electrons. The van der Waals surface area contributed by atoms with Crippen molar-refractivity contribution >= 4 is 5.82 Å². The molecule has 2 heterocycles. The Hall–Kier alpha value is -1.20. The number of ether oxygens (including phenoxy) is 1. The van der Waals surface area contributed by atoms with Gasteiger partial charge in [0.2, 0.25) is 0 Å². The summed E-state index contributed by atoms with van der Waals surface area (Å²) in [5.74, 6) is 0.669. The van der Waals surface area contributed by atoms with Gasteiger partial charge >= 0.3 is 0 Å². The molecule has 2 rings (SSSR count). The van der Waals surface area contributed by atoms with Crippen molar-refractivity contribution in [3.8, 4) is 0 Å². The van der Waals surface area contributed by atoms with Crippen LogP contribution in [-0.4, -0.2) is 38.8 Å². The smallest absolute Gasteiger partial charge is 0.170 e. The van der Waals surface area contributed by atoms with E-state index in [1.165, 1.54) is 0 Å². The van der Waals surface area contributed by atoms with Crippen molar-refractivity contribution in [3.05, 3.63) is 23.6 Å². The van der Waals surface area contributed by atoms with Gasteiger partial charge in [0.25, 0.3) is 0 Å². The number of pyridine rings is 1. The van der Waals surface area contributed by atoms with E-state index in [1.807, 2.05) is 19.0 Å². The molecule has 1 aliphatic rings. The van der Waals surface area contributed by atoms with E-state index in [1.54, 1.807) is 12.3 Å². The summed E-state index contributed by atoms with van der Waals surface area (Å²) in [6.45, 7) is 2.92. The van der Waals surface area contributed by atoms with Crippen molar-refractivity contribution in [2.45, 2.75) is 19.4 Å². The quantitative estimate of drug-likeness (QED) is 0.883. The van der Waals surface area contributed by atoms with Crippen molar-refractivity contribution in [1.29, 1.82) is 0 Å². The first-order valence-corrected chi connectivity index (χ1v) is 6.79. The number of hydrogen-bond donors (Lipinski definition) is 1. The van der Waals surface area contributed by atoms with Crippen LogP contribution in [0.1, 0.15) is 18.4 Å². The number of hydrogen-bond acceptors (Lipinski definition) is 4. The summed E-state index contributed by atoms with van der Waals surface area (Å²) in [4.78, 5) is 6.07. The van der Waals surface area contributed by atoms with E-state index in [9.17, 15) is 4.39 Å². The Labute approximate surface area is 114 Å². The van der Waals surface area contributed by atoms with Gasteiger partial charge in [-0.2, -0.15) is 0 Å². The molecule has 1 aliphatic heterocycles. The fourth-order valence-electron chi connectivity index (χ4n) is 2.49. The lowest BCUT2D eigenvalue weighted by atomic mass is 10.0. The lowest BCUT2D eigenvalue weighted by molar-refractivity contribution is 0.0575. The molecule has 1 N–H and O–H groups in total. The topological polar surface area (TPSA) is 37.4 Å². The van der Waals surface area contributed by atoms with Crippen LogP contribution in [0.5, 0.6) is 0 Å². The zero-order valence-corrected chi connectivity index (χ0v) is 11.7. The number of nitrogens with one attached hydrogen (secondary N) is 1. The Bertz CT molecular complexity index is 408. The van der Waals surface area contributed by atoms with E-state index in [2.05, 4.69) is 10.3 Å². The van der Waals surface area contributed by atoms with E-state index in [4.69, 9.17) is 4.74 Å². The van der Waals surface area contributed by atoms with E-state index in [0.717, 1.165) is 32.6 Å². The van der Waals surface area contributed by atoms with E-state index < -0.39 is 0 Å². The fourth-order valence-corrected chi connectivity index (χ4v) is 2.49. The summed E-state index contributed by atoms with van der Waals surface area (Å²) in [6.07, 6.45) is 3.90. The van der Waals surface area contributed by atoms with Gasteiger partial charge in [0.1, 0.15) is 0 Å². The molecule has 19 heavy (non-hydrogen) atoms. The van der Waals surface area contributed by atoms with E-state index in [0.29, 0.717) is 23.8 Å². The van der Waals surface area contributed by atoms with Crippen LogP contribution in [0.15, 0.2) is 12.3 Å². The second-order valence-electron chi connectivity index (χ2n) is 5.10. The average molecular weight is 267 g/mol. The normalized spacial score (nSPS) is 19.4. The van der Waals surface area contributed by atoms with Crippen molar-refractivity contribution in [2.24, 2.45) is 5.92 Å². The number of rotatable bonds is 5. The Morgan fingerprint density at radius 2 is 2.42 bits per heavy atom. The fraction of sp³-hybridized carbons (Fsp3) is 0.643. The second-order valence-corrected chi connectivity index (χ2v) is 5.10. The van der Waals surface area contributed by atoms with Gasteiger partial charge in [-0.1, -0.05) is 0 Å². The first-order valence-electron chi connectivity index (χ1n) is 6.79. The zero-order chi connectivity index (χ0) is 13.7. The van der Waals surface area contributed by atoms with Crippen LogP contribution in [0.3, 0.4) is 0 Å². The van der Waals surface area contributed by atoms with Crippen molar-refractivity contribution in [1.82, 2.24) is 10.3 Å². The number of anilines is 1. The number of nitrogens with zero attached hydrogens (tertiary/aromatic N) is 2. The molecule has 1 aromatic heterocycles. The molecular weight excluding hydrogens is 245 g/mol. The van der Waals surface area contributed by atoms with Gasteiger partial charge in [0.05, 0.1) is 6.61 Å². The van der Waals surface area contributed by atoms with Crippen LogP contribution in [0.4, 0.5) is 10.2 Å². The molecule has 0 saturated carbocycles. The predicted molar refractivity (Wildman–Crippen MR) is 73.8 cm³/mol. The summed E-state index contributed by atoms with van der Waals surface area (Å²) in [5, 5.41) is 2.97. The van der Waals surface area contributed by atoms with Gasteiger partial charge in [-0.3, -0.25) is 0 Å². The Morgan fingerprint density at radius 1 is 1.58 bits per heavy atom. The highest BCUT2D eigenvalue weighted by atomic mass is 19.1. The first kappa shape index (κ1) is 14.2. The summed E-state index contributed by atoms with van der Waals surface area (Å²) >= 11 is 0. The zero-order valence-electron chi connectivity index (χ0n) is 11.7. The highest BCUT2D eigenvalue weighted by Crippen LogP contribution is 2.21. The van der Waals surface area contributed by atoms with E-state index >= 15 is 0 Å². The highest BCUT2D eigenvalue weighted by molar-refractivity contribution is 5.42. The molecule has 0 aliphatic carbocycles. The third-order valence-electron chi connectivity index (χ3n) is 3.47. The molecule has 1 unspecified atom stereocenters. The molecule has 1 saturated heterocycles. The minimum Gasteiger partial charge on any atom is -0.381 e. The van der Waals surface area contributed by atoms with Crippen LogP contribution >= 0.6 is 0 Å². The van der Waals surface area contributed by atoms with Crippen molar-refractivity contribution in [2.75, 3.05) is 38.8 Å². The lowest BCUT2D eigenvalue weighted by Crippen LogP contribution is -2.32. The third kappa shape index (κ3) is 3.64. The molecule has 1 aromatic rings. The predicted octanol–water partition coefficient (Wildman–Crippen LogP) is 1.80. The van der Waals surface area contributed by atoms with Gasteiger partial charge in [-0.25, -0.2) is 9.37 Å². The van der Waals surface area contributed by atoms with Crippen LogP contribution in [0.25, 0.3) is 0 Å². The SMILES string of the molecule is CNCc1ccnc(N(C)CC2CCCOC2)c1F. The molecule has 0 spiro atoms. The number of halogens is 1. The first-order chi connectivity index (χ1) is 9.22. The maximum absolute atomic E-state index is 14.3. The number of aromatic nitrogens is 1. The molecule has 1 atom stereocenters. The van der Waals surface area contributed by atoms with Gasteiger partial charge in [0, 0.05) is 38.5 Å². The Kier molecular flexibility index (Phi) is 5.10. The standard InChI is InChI=1S/C14H22FN3O/c1-16-8-12-5-6-17-14(13(12)15)18(2)9-11-4-3-7-19-10-11/h5-6,11,16H,3-4,7-10H2,1-2H3. The van der Waals surface area contributed by atoms with Crippen LogP contribution in [0, 0.1) is 11.7 Å². The van der Waals surface area contributed by atoms with Gasteiger partial charge in [-0.05, 0) is 31.9 Å². The molecular formula is C14H22FN3O. The molecule has 4 nitrogen and oxygen atoms in total. The summed E-state index contributed by atoms with van der Waals surface area (Å²) in [6, 6.07) is 1.72. The Balaban J connectivity index is 2.05. The maximum atomic E-state index is 14.3. The monoisotopic (exact) mass is 267 g/mol. The molecule has 0 radical (unpaired) electrons. The summed E-state index contributed by atoms with van der Waals surface area (Å²) < 4.78 is 19.7. The molecule has 0 amide bonds. The van der Waals surface area contributed by atoms with Gasteiger partial charge in [0.15, 0.2) is 11.6 Å². The largest absolute Gasteiger partial charge is 0.381 e. The third-order valence-corrected chi connectivity index (χ3v) is 3.47. The summed E-state index contributed by atoms with van der Waals surface area (Å²) in [5.41, 5.74) is 0.652. The molecule has 0 aromatic carbocycles. The Morgan fingerprint density at radius 3 is 3.11 bits per heavy atom. The van der Waals surface area contributed by atoms with E-state index in [-0.39, 0.29) is 5.82 Å². The average Bonchev–Trinajstić information content (AvgIpc) is 2.42. The highest BCUT2D eigenvalue weighted by Gasteiger charge is 2.19. The summed E-state index contributed by atoms with van der Waals surface area (Å²) in [7, 11) is 3.70. The minimum atomic E-state index is -0.226. The molecule has 0 bridgehead atoms. The van der Waals surface area contributed by atoms with Gasteiger partial charge < -0.3 is 15.0 Å². The molecule has 5 heteroatoms. The van der Waals surface area contributed by atoms with Crippen molar-refractivity contribution in [3.63, 3.8) is 0 Å². The minimum absolute atomic E-state index is 0.226. The van der Waals surface area contributed by atoms with Gasteiger partial charge in [-0.15, -0.1) is 0 Å². The van der Waals surface area contributed by atoms with Crippen LogP contribution in [0.2, 0.25) is 0 Å². The molecule has 1 fully saturated rings. The van der Waals surface area contributed by atoms with Crippen LogP contribution < -0.4 is 10.2 Å².